The van der Waals surface area contributed by atoms with Gasteiger partial charge in [-0.25, -0.2) is 4.79 Å². The Balaban J connectivity index is 2.69. The number of carboxylic acid groups (broad SMARTS) is 1. The molecule has 20 heavy (non-hydrogen) atoms. The maximum absolute atomic E-state index is 11.1. The van der Waals surface area contributed by atoms with Crippen molar-refractivity contribution in [2.24, 2.45) is 0 Å². The number of carboxylic acids is 1. The number of hydrogen-bond acceptors (Lipinski definition) is 3. The standard InChI is InChI=1S/C15H13NO4/c1-9-3-4-10(2)14(5-9)11-6-12(15(17)18)8-13(7-11)16(19)20/h3-8H,1-2H3,(H,17,18). The summed E-state index contributed by atoms with van der Waals surface area (Å²) in [6.07, 6.45) is 0. The summed E-state index contributed by atoms with van der Waals surface area (Å²) in [5, 5.41) is 20.0. The fourth-order valence-electron chi connectivity index (χ4n) is 2.04. The van der Waals surface area contributed by atoms with Crippen molar-refractivity contribution >= 4 is 11.7 Å². The largest absolute Gasteiger partial charge is 0.478 e. The third-order valence-electron chi connectivity index (χ3n) is 3.08. The van der Waals surface area contributed by atoms with Crippen LogP contribution in [0, 0.1) is 24.0 Å². The normalized spacial score (nSPS) is 10.3. The number of nitro benzene ring substituents is 1. The molecule has 2 aromatic rings. The summed E-state index contributed by atoms with van der Waals surface area (Å²) in [6.45, 7) is 3.80. The summed E-state index contributed by atoms with van der Waals surface area (Å²) in [7, 11) is 0. The van der Waals surface area contributed by atoms with E-state index in [9.17, 15) is 14.9 Å². The van der Waals surface area contributed by atoms with Crippen LogP contribution in [0.4, 0.5) is 5.69 Å². The molecule has 0 radical (unpaired) electrons. The molecule has 0 fully saturated rings. The number of aromatic carboxylic acids is 1. The van der Waals surface area contributed by atoms with E-state index in [1.807, 2.05) is 32.0 Å². The van der Waals surface area contributed by atoms with Crippen LogP contribution >= 0.6 is 0 Å². The lowest BCUT2D eigenvalue weighted by molar-refractivity contribution is -0.384. The highest BCUT2D eigenvalue weighted by atomic mass is 16.6. The molecular weight excluding hydrogens is 258 g/mol. The van der Waals surface area contributed by atoms with E-state index in [2.05, 4.69) is 0 Å². The van der Waals surface area contributed by atoms with Crippen LogP contribution in [0.25, 0.3) is 11.1 Å². The van der Waals surface area contributed by atoms with Crippen molar-refractivity contribution < 1.29 is 14.8 Å². The summed E-state index contributed by atoms with van der Waals surface area (Å²) in [4.78, 5) is 21.4. The third-order valence-corrected chi connectivity index (χ3v) is 3.08. The molecule has 5 heteroatoms. The van der Waals surface area contributed by atoms with E-state index in [0.717, 1.165) is 22.8 Å². The van der Waals surface area contributed by atoms with Gasteiger partial charge >= 0.3 is 5.97 Å². The zero-order chi connectivity index (χ0) is 14.9. The summed E-state index contributed by atoms with van der Waals surface area (Å²) in [5.41, 5.74) is 2.98. The van der Waals surface area contributed by atoms with Crippen LogP contribution in [0.15, 0.2) is 36.4 Å². The number of benzene rings is 2. The van der Waals surface area contributed by atoms with E-state index in [-0.39, 0.29) is 11.3 Å². The quantitative estimate of drug-likeness (QED) is 0.683. The van der Waals surface area contributed by atoms with Crippen molar-refractivity contribution in [3.8, 4) is 11.1 Å². The molecule has 0 saturated heterocycles. The molecule has 0 spiro atoms. The predicted octanol–water partition coefficient (Wildman–Crippen LogP) is 3.58. The molecule has 1 N–H and O–H groups in total. The Labute approximate surface area is 115 Å². The van der Waals surface area contributed by atoms with Crippen LogP contribution in [0.2, 0.25) is 0 Å². The van der Waals surface area contributed by atoms with Crippen LogP contribution in [-0.2, 0) is 0 Å². The van der Waals surface area contributed by atoms with Gasteiger partial charge in [0.1, 0.15) is 0 Å². The zero-order valence-corrected chi connectivity index (χ0v) is 11.1. The lowest BCUT2D eigenvalue weighted by Gasteiger charge is -2.08. The van der Waals surface area contributed by atoms with E-state index in [4.69, 9.17) is 5.11 Å². The van der Waals surface area contributed by atoms with Crippen LogP contribution in [0.3, 0.4) is 0 Å². The van der Waals surface area contributed by atoms with Crippen molar-refractivity contribution in [2.45, 2.75) is 13.8 Å². The Morgan fingerprint density at radius 3 is 2.45 bits per heavy atom. The topological polar surface area (TPSA) is 80.4 Å². The fraction of sp³-hybridized carbons (Fsp3) is 0.133. The van der Waals surface area contributed by atoms with E-state index in [1.54, 1.807) is 0 Å². The fourth-order valence-corrected chi connectivity index (χ4v) is 2.04. The first-order chi connectivity index (χ1) is 9.38. The Morgan fingerprint density at radius 2 is 1.85 bits per heavy atom. The van der Waals surface area contributed by atoms with Crippen LogP contribution in [0.1, 0.15) is 21.5 Å². The maximum Gasteiger partial charge on any atom is 0.335 e. The third kappa shape index (κ3) is 2.66. The Kier molecular flexibility index (Phi) is 3.52. The average Bonchev–Trinajstić information content (AvgIpc) is 2.40. The molecule has 0 heterocycles. The maximum atomic E-state index is 11.1. The van der Waals surface area contributed by atoms with E-state index in [0.29, 0.717) is 5.56 Å². The molecule has 5 nitrogen and oxygen atoms in total. The van der Waals surface area contributed by atoms with Gasteiger partial charge < -0.3 is 5.11 Å². The number of aryl methyl sites for hydroxylation is 2. The van der Waals surface area contributed by atoms with Gasteiger partial charge in [-0.15, -0.1) is 0 Å². The molecule has 2 rings (SSSR count). The first-order valence-corrected chi connectivity index (χ1v) is 5.99. The summed E-state index contributed by atoms with van der Waals surface area (Å²) < 4.78 is 0. The second-order valence-corrected chi connectivity index (χ2v) is 4.65. The first-order valence-electron chi connectivity index (χ1n) is 5.99. The number of nitrogens with zero attached hydrogens (tertiary/aromatic N) is 1. The van der Waals surface area contributed by atoms with Gasteiger partial charge in [-0.05, 0) is 36.6 Å². The van der Waals surface area contributed by atoms with Gasteiger partial charge in [0.2, 0.25) is 0 Å². The minimum Gasteiger partial charge on any atom is -0.478 e. The van der Waals surface area contributed by atoms with Gasteiger partial charge in [0, 0.05) is 12.1 Å². The molecule has 0 bridgehead atoms. The lowest BCUT2D eigenvalue weighted by Crippen LogP contribution is -1.99. The number of nitro groups is 1. The number of non-ortho nitro benzene ring substituents is 1. The monoisotopic (exact) mass is 271 g/mol. The van der Waals surface area contributed by atoms with Crippen molar-refractivity contribution in [3.63, 3.8) is 0 Å². The lowest BCUT2D eigenvalue weighted by atomic mass is 9.96. The first kappa shape index (κ1) is 13.7. The van der Waals surface area contributed by atoms with Gasteiger partial charge in [0.05, 0.1) is 10.5 Å². The van der Waals surface area contributed by atoms with Crippen molar-refractivity contribution in [1.29, 1.82) is 0 Å². The molecule has 0 saturated carbocycles. The summed E-state index contributed by atoms with van der Waals surface area (Å²) in [5.74, 6) is -1.18. The van der Waals surface area contributed by atoms with E-state index < -0.39 is 10.9 Å². The highest BCUT2D eigenvalue weighted by Gasteiger charge is 2.15. The number of carbonyl (C=O) groups is 1. The molecule has 0 aliphatic rings. The van der Waals surface area contributed by atoms with Crippen LogP contribution in [0.5, 0.6) is 0 Å². The number of hydrogen-bond donors (Lipinski definition) is 1. The Morgan fingerprint density at radius 1 is 1.15 bits per heavy atom. The molecular formula is C15H13NO4. The van der Waals surface area contributed by atoms with Gasteiger partial charge in [-0.2, -0.15) is 0 Å². The highest BCUT2D eigenvalue weighted by Crippen LogP contribution is 2.29. The predicted molar refractivity (Wildman–Crippen MR) is 75.0 cm³/mol. The molecule has 0 amide bonds. The second kappa shape index (κ2) is 5.13. The highest BCUT2D eigenvalue weighted by molar-refractivity contribution is 5.91. The van der Waals surface area contributed by atoms with Crippen molar-refractivity contribution in [1.82, 2.24) is 0 Å². The summed E-state index contributed by atoms with van der Waals surface area (Å²) in [6, 6.07) is 9.65. The molecule has 0 aliphatic heterocycles. The number of rotatable bonds is 3. The molecule has 102 valence electrons. The second-order valence-electron chi connectivity index (χ2n) is 4.65. The SMILES string of the molecule is Cc1ccc(C)c(-c2cc(C(=O)O)cc([N+](=O)[O-])c2)c1. The minimum atomic E-state index is -1.18. The summed E-state index contributed by atoms with van der Waals surface area (Å²) >= 11 is 0. The molecule has 0 aromatic heterocycles. The zero-order valence-electron chi connectivity index (χ0n) is 11.1. The Bertz CT molecular complexity index is 675. The minimum absolute atomic E-state index is 0.0879. The van der Waals surface area contributed by atoms with Crippen LogP contribution in [-0.4, -0.2) is 16.0 Å². The molecule has 0 aliphatic carbocycles. The van der Waals surface area contributed by atoms with Gasteiger partial charge in [-0.1, -0.05) is 23.8 Å². The van der Waals surface area contributed by atoms with Crippen molar-refractivity contribution in [3.05, 3.63) is 63.2 Å². The van der Waals surface area contributed by atoms with Gasteiger partial charge in [-0.3, -0.25) is 10.1 Å². The smallest absolute Gasteiger partial charge is 0.335 e. The molecule has 0 atom stereocenters. The molecule has 0 unspecified atom stereocenters. The van der Waals surface area contributed by atoms with Crippen LogP contribution < -0.4 is 0 Å². The van der Waals surface area contributed by atoms with Gasteiger partial charge in [0.15, 0.2) is 0 Å². The van der Waals surface area contributed by atoms with E-state index in [1.165, 1.54) is 12.1 Å². The van der Waals surface area contributed by atoms with Crippen molar-refractivity contribution in [2.75, 3.05) is 0 Å². The molecule has 2 aromatic carbocycles. The Hall–Kier alpha value is -2.69. The van der Waals surface area contributed by atoms with Gasteiger partial charge in [0.25, 0.3) is 5.69 Å². The average molecular weight is 271 g/mol. The van der Waals surface area contributed by atoms with E-state index >= 15 is 0 Å².